The van der Waals surface area contributed by atoms with Crippen molar-refractivity contribution < 1.29 is 20.1 Å². The highest BCUT2D eigenvalue weighted by molar-refractivity contribution is 5.79. The molecule has 4 saturated carbocycles. The van der Waals surface area contributed by atoms with Gasteiger partial charge in [-0.1, -0.05) is 19.9 Å². The van der Waals surface area contributed by atoms with Crippen LogP contribution in [0.1, 0.15) is 71.6 Å². The number of hydrogen-bond acceptors (Lipinski definition) is 3. The quantitative estimate of drug-likeness (QED) is 0.654. The Morgan fingerprint density at radius 3 is 2.50 bits per heavy atom. The second-order valence-corrected chi connectivity index (χ2v) is 10.1. The predicted molar refractivity (Wildman–Crippen MR) is 99.5 cm³/mol. The van der Waals surface area contributed by atoms with E-state index in [4.69, 9.17) is 5.11 Å². The first-order chi connectivity index (χ1) is 12.2. The Labute approximate surface area is 156 Å². The van der Waals surface area contributed by atoms with E-state index in [9.17, 15) is 15.0 Å². The fourth-order valence-corrected chi connectivity index (χ4v) is 7.75. The first kappa shape index (κ1) is 18.5. The van der Waals surface area contributed by atoms with Crippen molar-refractivity contribution in [2.75, 3.05) is 0 Å². The van der Waals surface area contributed by atoms with Crippen molar-refractivity contribution in [3.8, 4) is 0 Å². The third kappa shape index (κ3) is 2.44. The van der Waals surface area contributed by atoms with Crippen LogP contribution >= 0.6 is 0 Å². The van der Waals surface area contributed by atoms with Crippen molar-refractivity contribution in [3.05, 3.63) is 12.2 Å². The second kappa shape index (κ2) is 6.07. The van der Waals surface area contributed by atoms with Crippen LogP contribution in [0.3, 0.4) is 0 Å². The van der Waals surface area contributed by atoms with Gasteiger partial charge in [0.25, 0.3) is 0 Å². The molecule has 4 fully saturated rings. The summed E-state index contributed by atoms with van der Waals surface area (Å²) in [7, 11) is 0. The Kier molecular flexibility index (Phi) is 4.31. The molecule has 4 nitrogen and oxygen atoms in total. The van der Waals surface area contributed by atoms with Gasteiger partial charge in [-0.2, -0.15) is 0 Å². The van der Waals surface area contributed by atoms with Gasteiger partial charge in [0.1, 0.15) is 0 Å². The molecule has 0 aromatic carbocycles. The Balaban J connectivity index is 1.63. The van der Waals surface area contributed by atoms with Gasteiger partial charge in [0.2, 0.25) is 0 Å². The molecule has 0 heterocycles. The Morgan fingerprint density at radius 2 is 1.77 bits per heavy atom. The molecule has 0 spiro atoms. The van der Waals surface area contributed by atoms with Gasteiger partial charge in [-0.05, 0) is 86.9 Å². The Morgan fingerprint density at radius 1 is 1.00 bits per heavy atom. The van der Waals surface area contributed by atoms with E-state index in [1.807, 2.05) is 6.08 Å². The molecular weight excluding hydrogens is 328 g/mol. The lowest BCUT2D eigenvalue weighted by atomic mass is 9.43. The van der Waals surface area contributed by atoms with Gasteiger partial charge < -0.3 is 15.3 Å². The zero-order valence-electron chi connectivity index (χ0n) is 16.2. The van der Waals surface area contributed by atoms with Crippen LogP contribution in [-0.2, 0) is 4.79 Å². The molecular formula is C22H34O4. The molecule has 3 N–H and O–H groups in total. The van der Waals surface area contributed by atoms with Crippen molar-refractivity contribution in [2.24, 2.45) is 34.5 Å². The van der Waals surface area contributed by atoms with Gasteiger partial charge >= 0.3 is 5.97 Å². The van der Waals surface area contributed by atoms with Crippen LogP contribution in [0.25, 0.3) is 0 Å². The number of aliphatic carboxylic acids is 1. The van der Waals surface area contributed by atoms with Crippen molar-refractivity contribution in [1.82, 2.24) is 0 Å². The number of carboxylic acid groups (broad SMARTS) is 1. The van der Waals surface area contributed by atoms with Crippen LogP contribution in [0.15, 0.2) is 12.2 Å². The van der Waals surface area contributed by atoms with Gasteiger partial charge in [-0.3, -0.25) is 0 Å². The largest absolute Gasteiger partial charge is 0.478 e. The molecule has 4 rings (SSSR count). The molecule has 0 saturated heterocycles. The monoisotopic (exact) mass is 362 g/mol. The van der Waals surface area contributed by atoms with Crippen molar-refractivity contribution in [3.63, 3.8) is 0 Å². The number of aliphatic hydroxyl groups is 2. The fraction of sp³-hybridized carbons (Fsp3) is 0.864. The summed E-state index contributed by atoms with van der Waals surface area (Å²) in [5.74, 6) is 0.703. The van der Waals surface area contributed by atoms with E-state index in [2.05, 4.69) is 13.8 Å². The minimum Gasteiger partial charge on any atom is -0.478 e. The van der Waals surface area contributed by atoms with E-state index in [0.717, 1.165) is 57.8 Å². The maximum absolute atomic E-state index is 11.9. The first-order valence-corrected chi connectivity index (χ1v) is 10.5. The lowest BCUT2D eigenvalue weighted by Crippen LogP contribution is -2.62. The zero-order chi connectivity index (χ0) is 18.7. The standard InChI is InChI=1S/C22H34O4/c1-20-10-8-16(23)13-15(20)3-5-18-17(20)9-11-21(2)14(4-6-19(24)25)7-12-22(18,21)26/h4,6,14-18,23,26H,3,5,7-13H2,1-2H3,(H,24,25)/b6-4+. The molecule has 0 amide bonds. The van der Waals surface area contributed by atoms with Gasteiger partial charge in [-0.25, -0.2) is 4.79 Å². The van der Waals surface area contributed by atoms with Crippen LogP contribution in [0, 0.1) is 34.5 Å². The number of aliphatic hydroxyl groups excluding tert-OH is 1. The third-order valence-corrected chi connectivity index (χ3v) is 9.37. The normalized spacial score (nSPS) is 53.8. The summed E-state index contributed by atoms with van der Waals surface area (Å²) in [6.45, 7) is 4.62. The third-order valence-electron chi connectivity index (χ3n) is 9.37. The van der Waals surface area contributed by atoms with E-state index in [1.54, 1.807) is 0 Å². The van der Waals surface area contributed by atoms with Gasteiger partial charge in [-0.15, -0.1) is 0 Å². The molecule has 0 aromatic rings. The van der Waals surface area contributed by atoms with E-state index in [-0.39, 0.29) is 22.9 Å². The summed E-state index contributed by atoms with van der Waals surface area (Å²) in [6.07, 6.45) is 11.8. The average molecular weight is 363 g/mol. The second-order valence-electron chi connectivity index (χ2n) is 10.1. The highest BCUT2D eigenvalue weighted by Gasteiger charge is 2.66. The van der Waals surface area contributed by atoms with E-state index in [1.165, 1.54) is 6.08 Å². The van der Waals surface area contributed by atoms with Crippen LogP contribution in [0.2, 0.25) is 0 Å². The number of carboxylic acids is 1. The molecule has 4 aliphatic rings. The first-order valence-electron chi connectivity index (χ1n) is 10.5. The average Bonchev–Trinajstić information content (AvgIpc) is 2.85. The SMILES string of the molecule is CC12CCC(O)CC1CCC1C2CCC2(C)C(/C=C/C(=O)O)CCC12O. The van der Waals surface area contributed by atoms with Crippen molar-refractivity contribution in [1.29, 1.82) is 0 Å². The molecule has 4 aliphatic carbocycles. The minimum atomic E-state index is -0.897. The predicted octanol–water partition coefficient (Wildman–Crippen LogP) is 3.76. The molecule has 0 bridgehead atoms. The van der Waals surface area contributed by atoms with E-state index in [0.29, 0.717) is 17.8 Å². The lowest BCUT2D eigenvalue weighted by Gasteiger charge is -2.63. The molecule has 4 heteroatoms. The molecule has 0 aliphatic heterocycles. The van der Waals surface area contributed by atoms with Gasteiger partial charge in [0.15, 0.2) is 0 Å². The molecule has 8 unspecified atom stereocenters. The molecule has 26 heavy (non-hydrogen) atoms. The maximum atomic E-state index is 11.9. The van der Waals surface area contributed by atoms with Gasteiger partial charge in [0, 0.05) is 11.5 Å². The summed E-state index contributed by atoms with van der Waals surface area (Å²) in [5, 5.41) is 31.1. The zero-order valence-corrected chi connectivity index (χ0v) is 16.2. The van der Waals surface area contributed by atoms with Gasteiger partial charge in [0.05, 0.1) is 11.7 Å². The van der Waals surface area contributed by atoms with Crippen LogP contribution < -0.4 is 0 Å². The topological polar surface area (TPSA) is 77.8 Å². The molecule has 8 atom stereocenters. The highest BCUT2D eigenvalue weighted by Crippen LogP contribution is 2.69. The van der Waals surface area contributed by atoms with Crippen molar-refractivity contribution >= 4 is 5.97 Å². The summed E-state index contributed by atoms with van der Waals surface area (Å²) >= 11 is 0. The highest BCUT2D eigenvalue weighted by atomic mass is 16.4. The molecule has 0 aromatic heterocycles. The number of fused-ring (bicyclic) bond motifs is 5. The smallest absolute Gasteiger partial charge is 0.327 e. The Hall–Kier alpha value is -0.870. The Bertz CT molecular complexity index is 615. The number of allylic oxidation sites excluding steroid dienone is 1. The lowest BCUT2D eigenvalue weighted by molar-refractivity contribution is -0.207. The molecule has 146 valence electrons. The number of hydrogen-bond donors (Lipinski definition) is 3. The summed E-state index contributed by atoms with van der Waals surface area (Å²) in [6, 6.07) is 0. The van der Waals surface area contributed by atoms with E-state index >= 15 is 0 Å². The fourth-order valence-electron chi connectivity index (χ4n) is 7.75. The van der Waals surface area contributed by atoms with Crippen molar-refractivity contribution in [2.45, 2.75) is 83.3 Å². The van der Waals surface area contributed by atoms with E-state index < -0.39 is 11.6 Å². The molecule has 0 radical (unpaired) electrons. The summed E-state index contributed by atoms with van der Waals surface area (Å²) in [5.41, 5.74) is -0.640. The summed E-state index contributed by atoms with van der Waals surface area (Å²) < 4.78 is 0. The summed E-state index contributed by atoms with van der Waals surface area (Å²) in [4.78, 5) is 11.0. The maximum Gasteiger partial charge on any atom is 0.327 e. The minimum absolute atomic E-state index is 0.140. The van der Waals surface area contributed by atoms with Crippen LogP contribution in [-0.4, -0.2) is 33.0 Å². The van der Waals surface area contributed by atoms with Crippen LogP contribution in [0.4, 0.5) is 0 Å². The number of carbonyl (C=O) groups is 1. The number of rotatable bonds is 2. The van der Waals surface area contributed by atoms with Crippen LogP contribution in [0.5, 0.6) is 0 Å².